The van der Waals surface area contributed by atoms with Gasteiger partial charge >= 0.3 is 0 Å². The van der Waals surface area contributed by atoms with Gasteiger partial charge in [-0.25, -0.2) is 0 Å². The van der Waals surface area contributed by atoms with Crippen molar-refractivity contribution in [2.45, 2.75) is 25.9 Å². The summed E-state index contributed by atoms with van der Waals surface area (Å²) in [6.07, 6.45) is 1.16. The van der Waals surface area contributed by atoms with Crippen LogP contribution >= 0.6 is 12.4 Å². The van der Waals surface area contributed by atoms with Crippen LogP contribution in [0.1, 0.15) is 30.6 Å². The van der Waals surface area contributed by atoms with Gasteiger partial charge in [-0.15, -0.1) is 12.4 Å². The Morgan fingerprint density at radius 3 is 2.52 bits per heavy atom. The third-order valence-electron chi connectivity index (χ3n) is 5.10. The minimum Gasteiger partial charge on any atom is -0.476 e. The largest absolute Gasteiger partial charge is 0.476 e. The Morgan fingerprint density at radius 2 is 1.79 bits per heavy atom. The molecule has 158 valence electrons. The Labute approximate surface area is 180 Å². The smallest absolute Gasteiger partial charge is 0.265 e. The van der Waals surface area contributed by atoms with E-state index in [4.69, 9.17) is 4.74 Å². The molecule has 1 aliphatic rings. The van der Waals surface area contributed by atoms with E-state index in [0.29, 0.717) is 6.54 Å². The molecule has 0 saturated carbocycles. The fourth-order valence-electron chi connectivity index (χ4n) is 3.48. The Morgan fingerprint density at radius 1 is 1.10 bits per heavy atom. The molecular weight excluding hydrogens is 386 g/mol. The number of rotatable bonds is 9. The molecule has 2 aromatic rings. The van der Waals surface area contributed by atoms with Crippen molar-refractivity contribution in [2.75, 3.05) is 39.3 Å². The molecule has 1 fully saturated rings. The number of hydrogen-bond donors (Lipinski definition) is 2. The van der Waals surface area contributed by atoms with E-state index in [-0.39, 0.29) is 18.3 Å². The molecule has 0 spiro atoms. The maximum Gasteiger partial charge on any atom is 0.265 e. The Kier molecular flexibility index (Phi) is 9.98. The summed E-state index contributed by atoms with van der Waals surface area (Å²) in [7, 11) is 0. The fourth-order valence-corrected chi connectivity index (χ4v) is 3.48. The highest BCUT2D eigenvalue weighted by atomic mass is 35.5. The second kappa shape index (κ2) is 12.5. The number of carbonyl (C=O) groups excluding carboxylic acids is 1. The van der Waals surface area contributed by atoms with Crippen molar-refractivity contribution in [3.63, 3.8) is 0 Å². The van der Waals surface area contributed by atoms with Gasteiger partial charge in [-0.05, 0) is 31.0 Å². The minimum absolute atomic E-state index is 0. The summed E-state index contributed by atoms with van der Waals surface area (Å²) in [5, 5.41) is 6.43. The normalized spacial score (nSPS) is 15.2. The first-order valence-corrected chi connectivity index (χ1v) is 10.3. The van der Waals surface area contributed by atoms with Crippen molar-refractivity contribution in [3.8, 4) is 5.75 Å². The maximum absolute atomic E-state index is 12.9. The number of halogens is 1. The molecule has 0 bridgehead atoms. The van der Waals surface area contributed by atoms with E-state index in [1.807, 2.05) is 54.6 Å². The van der Waals surface area contributed by atoms with Crippen molar-refractivity contribution in [3.05, 3.63) is 65.7 Å². The summed E-state index contributed by atoms with van der Waals surface area (Å²) in [5.41, 5.74) is 1.97. The predicted molar refractivity (Wildman–Crippen MR) is 120 cm³/mol. The number of para-hydroxylation sites is 1. The van der Waals surface area contributed by atoms with Crippen LogP contribution < -0.4 is 15.4 Å². The Balaban J connectivity index is 0.00000300. The first-order chi connectivity index (χ1) is 13.8. The molecule has 0 radical (unpaired) electrons. The number of carbonyl (C=O) groups is 1. The molecule has 1 heterocycles. The summed E-state index contributed by atoms with van der Waals surface area (Å²) in [6.45, 7) is 8.02. The summed E-state index contributed by atoms with van der Waals surface area (Å²) < 4.78 is 6.20. The molecule has 3 rings (SSSR count). The lowest BCUT2D eigenvalue weighted by atomic mass is 10.1. The van der Waals surface area contributed by atoms with Crippen molar-refractivity contribution < 1.29 is 9.53 Å². The monoisotopic (exact) mass is 417 g/mol. The van der Waals surface area contributed by atoms with Crippen LogP contribution in [-0.4, -0.2) is 50.1 Å². The summed E-state index contributed by atoms with van der Waals surface area (Å²) in [5.74, 6) is 0.687. The molecule has 1 unspecified atom stereocenters. The van der Waals surface area contributed by atoms with E-state index >= 15 is 0 Å². The number of piperazine rings is 1. The zero-order valence-electron chi connectivity index (χ0n) is 17.1. The Hall–Kier alpha value is -2.08. The summed E-state index contributed by atoms with van der Waals surface area (Å²) in [6, 6.07) is 17.6. The van der Waals surface area contributed by atoms with Crippen molar-refractivity contribution in [2.24, 2.45) is 0 Å². The van der Waals surface area contributed by atoms with Gasteiger partial charge in [-0.2, -0.15) is 0 Å². The molecule has 5 nitrogen and oxygen atoms in total. The number of amides is 1. The molecule has 1 atom stereocenters. The SMILES string of the molecule is CCc1ccccc1OC(C(=O)NCCCN1CCNCC1)c1ccccc1.Cl. The third-order valence-corrected chi connectivity index (χ3v) is 5.10. The number of ether oxygens (including phenoxy) is 1. The quantitative estimate of drug-likeness (QED) is 0.615. The van der Waals surface area contributed by atoms with Crippen molar-refractivity contribution >= 4 is 18.3 Å². The lowest BCUT2D eigenvalue weighted by molar-refractivity contribution is -0.128. The van der Waals surface area contributed by atoms with Crippen LogP contribution in [0.3, 0.4) is 0 Å². The van der Waals surface area contributed by atoms with Crippen LogP contribution in [0.25, 0.3) is 0 Å². The molecule has 1 aliphatic heterocycles. The molecule has 0 aliphatic carbocycles. The van der Waals surface area contributed by atoms with E-state index < -0.39 is 6.10 Å². The molecule has 6 heteroatoms. The van der Waals surface area contributed by atoms with Gasteiger partial charge in [0, 0.05) is 38.3 Å². The van der Waals surface area contributed by atoms with Crippen LogP contribution in [-0.2, 0) is 11.2 Å². The van der Waals surface area contributed by atoms with Gasteiger partial charge in [0.05, 0.1) is 0 Å². The minimum atomic E-state index is -0.645. The van der Waals surface area contributed by atoms with E-state index in [0.717, 1.165) is 62.4 Å². The standard InChI is InChI=1S/C23H31N3O2.ClH/c1-2-19-9-6-7-12-21(19)28-22(20-10-4-3-5-11-20)23(27)25-13-8-16-26-17-14-24-15-18-26;/h3-7,9-12,22,24H,2,8,13-18H2,1H3,(H,25,27);1H. The second-order valence-corrected chi connectivity index (χ2v) is 7.11. The molecule has 2 aromatic carbocycles. The van der Waals surface area contributed by atoms with E-state index in [1.54, 1.807) is 0 Å². The first-order valence-electron chi connectivity index (χ1n) is 10.3. The van der Waals surface area contributed by atoms with Crippen LogP contribution in [0.4, 0.5) is 0 Å². The van der Waals surface area contributed by atoms with Gasteiger partial charge in [0.2, 0.25) is 6.10 Å². The van der Waals surface area contributed by atoms with Gasteiger partial charge < -0.3 is 20.3 Å². The van der Waals surface area contributed by atoms with Gasteiger partial charge in [-0.3, -0.25) is 4.79 Å². The maximum atomic E-state index is 12.9. The zero-order chi connectivity index (χ0) is 19.6. The lowest BCUT2D eigenvalue weighted by Gasteiger charge is -2.27. The molecular formula is C23H32ClN3O2. The number of hydrogen-bond acceptors (Lipinski definition) is 4. The number of benzene rings is 2. The lowest BCUT2D eigenvalue weighted by Crippen LogP contribution is -2.44. The summed E-state index contributed by atoms with van der Waals surface area (Å²) >= 11 is 0. The van der Waals surface area contributed by atoms with Gasteiger partial charge in [0.15, 0.2) is 0 Å². The molecule has 2 N–H and O–H groups in total. The number of nitrogens with one attached hydrogen (secondary N) is 2. The topological polar surface area (TPSA) is 53.6 Å². The molecule has 1 amide bonds. The highest BCUT2D eigenvalue weighted by molar-refractivity contribution is 5.85. The molecule has 1 saturated heterocycles. The van der Waals surface area contributed by atoms with E-state index in [9.17, 15) is 4.79 Å². The van der Waals surface area contributed by atoms with E-state index in [2.05, 4.69) is 22.5 Å². The fraction of sp³-hybridized carbons (Fsp3) is 0.435. The zero-order valence-corrected chi connectivity index (χ0v) is 17.9. The average Bonchev–Trinajstić information content (AvgIpc) is 2.76. The average molecular weight is 418 g/mol. The second-order valence-electron chi connectivity index (χ2n) is 7.11. The van der Waals surface area contributed by atoms with Crippen LogP contribution in [0.2, 0.25) is 0 Å². The van der Waals surface area contributed by atoms with Crippen LogP contribution in [0, 0.1) is 0 Å². The third kappa shape index (κ3) is 7.03. The van der Waals surface area contributed by atoms with Gasteiger partial charge in [-0.1, -0.05) is 55.5 Å². The van der Waals surface area contributed by atoms with E-state index in [1.165, 1.54) is 0 Å². The van der Waals surface area contributed by atoms with Crippen LogP contribution in [0.15, 0.2) is 54.6 Å². The van der Waals surface area contributed by atoms with Crippen molar-refractivity contribution in [1.29, 1.82) is 0 Å². The highest BCUT2D eigenvalue weighted by Crippen LogP contribution is 2.26. The van der Waals surface area contributed by atoms with Crippen LogP contribution in [0.5, 0.6) is 5.75 Å². The predicted octanol–water partition coefficient (Wildman–Crippen LogP) is 3.20. The number of nitrogens with zero attached hydrogens (tertiary/aromatic N) is 1. The summed E-state index contributed by atoms with van der Waals surface area (Å²) in [4.78, 5) is 15.4. The molecule has 0 aromatic heterocycles. The Bertz CT molecular complexity index is 736. The first kappa shape index (κ1) is 23.2. The molecule has 29 heavy (non-hydrogen) atoms. The highest BCUT2D eigenvalue weighted by Gasteiger charge is 2.23. The van der Waals surface area contributed by atoms with Crippen molar-refractivity contribution in [1.82, 2.24) is 15.5 Å². The van der Waals surface area contributed by atoms with Gasteiger partial charge in [0.1, 0.15) is 5.75 Å². The van der Waals surface area contributed by atoms with Gasteiger partial charge in [0.25, 0.3) is 5.91 Å². The number of aryl methyl sites for hydroxylation is 1.